The van der Waals surface area contributed by atoms with Crippen LogP contribution in [0.15, 0.2) is 42.5 Å². The summed E-state index contributed by atoms with van der Waals surface area (Å²) in [5.41, 5.74) is 3.09. The van der Waals surface area contributed by atoms with Crippen molar-refractivity contribution in [3.05, 3.63) is 64.4 Å². The van der Waals surface area contributed by atoms with Crippen molar-refractivity contribution in [1.82, 2.24) is 5.32 Å². The number of anilines is 1. The summed E-state index contributed by atoms with van der Waals surface area (Å²) < 4.78 is 13.0. The van der Waals surface area contributed by atoms with Gasteiger partial charge < -0.3 is 10.6 Å². The highest BCUT2D eigenvalue weighted by Crippen LogP contribution is 2.23. The topological polar surface area (TPSA) is 24.1 Å². The summed E-state index contributed by atoms with van der Waals surface area (Å²) in [5, 5.41) is 7.07. The Kier molecular flexibility index (Phi) is 5.60. The van der Waals surface area contributed by atoms with Crippen molar-refractivity contribution in [3.63, 3.8) is 0 Å². The van der Waals surface area contributed by atoms with Gasteiger partial charge in [0.2, 0.25) is 0 Å². The van der Waals surface area contributed by atoms with E-state index in [1.54, 1.807) is 6.07 Å². The van der Waals surface area contributed by atoms with Crippen molar-refractivity contribution < 1.29 is 4.39 Å². The molecule has 0 heterocycles. The van der Waals surface area contributed by atoms with Gasteiger partial charge in [-0.1, -0.05) is 50.6 Å². The molecule has 0 saturated heterocycles. The highest BCUT2D eigenvalue weighted by molar-refractivity contribution is 7.80. The normalized spacial score (nSPS) is 11.2. The van der Waals surface area contributed by atoms with Gasteiger partial charge in [-0.15, -0.1) is 0 Å². The molecule has 0 aliphatic carbocycles. The molecule has 0 amide bonds. The zero-order valence-electron chi connectivity index (χ0n) is 13.4. The lowest BCUT2D eigenvalue weighted by atomic mass is 9.87. The molecule has 0 fully saturated rings. The van der Waals surface area contributed by atoms with Crippen LogP contribution in [-0.2, 0) is 12.0 Å². The van der Waals surface area contributed by atoms with E-state index in [4.69, 9.17) is 23.8 Å². The Labute approximate surface area is 147 Å². The van der Waals surface area contributed by atoms with Crippen LogP contribution in [0.1, 0.15) is 31.9 Å². The lowest BCUT2D eigenvalue weighted by Gasteiger charge is -2.19. The molecule has 2 nitrogen and oxygen atoms in total. The maximum Gasteiger partial charge on any atom is 0.171 e. The Balaban J connectivity index is 1.92. The predicted molar refractivity (Wildman–Crippen MR) is 99.6 cm³/mol. The van der Waals surface area contributed by atoms with Crippen LogP contribution < -0.4 is 10.6 Å². The van der Waals surface area contributed by atoms with Gasteiger partial charge in [-0.3, -0.25) is 0 Å². The van der Waals surface area contributed by atoms with Crippen LogP contribution in [0.3, 0.4) is 0 Å². The molecule has 2 aromatic rings. The molecule has 122 valence electrons. The summed E-state index contributed by atoms with van der Waals surface area (Å²) >= 11 is 11.3. The largest absolute Gasteiger partial charge is 0.358 e. The van der Waals surface area contributed by atoms with Gasteiger partial charge in [0.15, 0.2) is 5.11 Å². The number of halogens is 2. The minimum atomic E-state index is -0.349. The predicted octanol–water partition coefficient (Wildman–Crippen LogP) is 5.26. The van der Waals surface area contributed by atoms with Crippen molar-refractivity contribution in [1.29, 1.82) is 0 Å². The third-order valence-electron chi connectivity index (χ3n) is 3.46. The minimum absolute atomic E-state index is 0.122. The van der Waals surface area contributed by atoms with Gasteiger partial charge in [0.1, 0.15) is 5.82 Å². The first-order chi connectivity index (χ1) is 10.8. The monoisotopic (exact) mass is 350 g/mol. The van der Waals surface area contributed by atoms with Crippen LogP contribution >= 0.6 is 23.8 Å². The average molecular weight is 351 g/mol. The molecule has 0 radical (unpaired) electrons. The first kappa shape index (κ1) is 17.7. The number of rotatable bonds is 3. The molecule has 2 N–H and O–H groups in total. The van der Waals surface area contributed by atoms with E-state index in [2.05, 4.69) is 43.5 Å². The molecule has 0 spiro atoms. The lowest BCUT2D eigenvalue weighted by molar-refractivity contribution is 0.590. The van der Waals surface area contributed by atoms with Gasteiger partial charge in [0.25, 0.3) is 0 Å². The number of hydrogen-bond acceptors (Lipinski definition) is 1. The van der Waals surface area contributed by atoms with Crippen LogP contribution in [0.5, 0.6) is 0 Å². The summed E-state index contributed by atoms with van der Waals surface area (Å²) in [6.45, 7) is 6.96. The second-order valence-electron chi connectivity index (χ2n) is 6.37. The van der Waals surface area contributed by atoms with Crippen LogP contribution in [-0.4, -0.2) is 5.11 Å². The number of nitrogens with one attached hydrogen (secondary N) is 2. The SMILES string of the molecule is CC(C)(C)c1ccc(NC(=S)NCc2ccc(F)cc2Cl)cc1. The summed E-state index contributed by atoms with van der Waals surface area (Å²) in [5.74, 6) is -0.349. The molecule has 0 saturated carbocycles. The van der Waals surface area contributed by atoms with Gasteiger partial charge in [-0.2, -0.15) is 0 Å². The standard InChI is InChI=1S/C18H20ClFN2S/c1-18(2,3)13-5-8-15(9-6-13)22-17(23)21-11-12-4-7-14(20)10-16(12)19/h4-10H,11H2,1-3H3,(H2,21,22,23). The molecular formula is C18H20ClFN2S. The summed E-state index contributed by atoms with van der Waals surface area (Å²) in [7, 11) is 0. The number of benzene rings is 2. The summed E-state index contributed by atoms with van der Waals surface area (Å²) in [4.78, 5) is 0. The zero-order chi connectivity index (χ0) is 17.0. The fourth-order valence-corrected chi connectivity index (χ4v) is 2.49. The van der Waals surface area contributed by atoms with Gasteiger partial charge in [0.05, 0.1) is 0 Å². The van der Waals surface area contributed by atoms with E-state index in [0.29, 0.717) is 16.7 Å². The van der Waals surface area contributed by atoms with Crippen molar-refractivity contribution in [2.24, 2.45) is 0 Å². The van der Waals surface area contributed by atoms with E-state index in [-0.39, 0.29) is 11.2 Å². The third-order valence-corrected chi connectivity index (χ3v) is 4.06. The fraction of sp³-hybridized carbons (Fsp3) is 0.278. The molecule has 0 atom stereocenters. The molecule has 0 aliphatic rings. The highest BCUT2D eigenvalue weighted by atomic mass is 35.5. The molecule has 0 aliphatic heterocycles. The molecule has 5 heteroatoms. The van der Waals surface area contributed by atoms with E-state index in [0.717, 1.165) is 11.3 Å². The maximum absolute atomic E-state index is 13.0. The molecule has 2 aromatic carbocycles. The molecule has 2 rings (SSSR count). The minimum Gasteiger partial charge on any atom is -0.358 e. The Morgan fingerprint density at radius 3 is 2.35 bits per heavy atom. The van der Waals surface area contributed by atoms with Crippen molar-refractivity contribution in [3.8, 4) is 0 Å². The van der Waals surface area contributed by atoms with E-state index in [1.165, 1.54) is 17.7 Å². The number of thiocarbonyl (C=S) groups is 1. The quantitative estimate of drug-likeness (QED) is 0.738. The Morgan fingerprint density at radius 1 is 1.13 bits per heavy atom. The zero-order valence-corrected chi connectivity index (χ0v) is 15.0. The number of hydrogen-bond donors (Lipinski definition) is 2. The molecule has 23 heavy (non-hydrogen) atoms. The van der Waals surface area contributed by atoms with Crippen LogP contribution in [0.25, 0.3) is 0 Å². The van der Waals surface area contributed by atoms with Crippen LogP contribution in [0.4, 0.5) is 10.1 Å². The first-order valence-corrected chi connectivity index (χ1v) is 8.13. The van der Waals surface area contributed by atoms with Gasteiger partial charge in [-0.05, 0) is 53.0 Å². The third kappa shape index (κ3) is 5.19. The van der Waals surface area contributed by atoms with E-state index >= 15 is 0 Å². The smallest absolute Gasteiger partial charge is 0.171 e. The van der Waals surface area contributed by atoms with E-state index < -0.39 is 0 Å². The van der Waals surface area contributed by atoms with Crippen molar-refractivity contribution >= 4 is 34.6 Å². The fourth-order valence-electron chi connectivity index (χ4n) is 2.07. The molecule has 0 bridgehead atoms. The summed E-state index contributed by atoms with van der Waals surface area (Å²) in [6, 6.07) is 12.5. The van der Waals surface area contributed by atoms with Crippen molar-refractivity contribution in [2.45, 2.75) is 32.7 Å². The average Bonchev–Trinajstić information content (AvgIpc) is 2.46. The first-order valence-electron chi connectivity index (χ1n) is 7.35. The van der Waals surface area contributed by atoms with E-state index in [9.17, 15) is 4.39 Å². The maximum atomic E-state index is 13.0. The summed E-state index contributed by atoms with van der Waals surface area (Å²) in [6.07, 6.45) is 0. The second kappa shape index (κ2) is 7.28. The second-order valence-corrected chi connectivity index (χ2v) is 7.19. The molecular weight excluding hydrogens is 331 g/mol. The van der Waals surface area contributed by atoms with Gasteiger partial charge in [-0.25, -0.2) is 4.39 Å². The van der Waals surface area contributed by atoms with Gasteiger partial charge >= 0.3 is 0 Å². The Morgan fingerprint density at radius 2 is 1.78 bits per heavy atom. The molecule has 0 aromatic heterocycles. The van der Waals surface area contributed by atoms with Gasteiger partial charge in [0, 0.05) is 17.3 Å². The van der Waals surface area contributed by atoms with Crippen LogP contribution in [0, 0.1) is 5.82 Å². The lowest BCUT2D eigenvalue weighted by Crippen LogP contribution is -2.28. The Bertz CT molecular complexity index is 693. The van der Waals surface area contributed by atoms with Crippen molar-refractivity contribution in [2.75, 3.05) is 5.32 Å². The highest BCUT2D eigenvalue weighted by Gasteiger charge is 2.12. The molecule has 0 unspecified atom stereocenters. The Hall–Kier alpha value is -1.65. The van der Waals surface area contributed by atoms with Crippen LogP contribution in [0.2, 0.25) is 5.02 Å². The van der Waals surface area contributed by atoms with E-state index in [1.807, 2.05) is 12.1 Å².